The van der Waals surface area contributed by atoms with Crippen molar-refractivity contribution in [3.05, 3.63) is 22.4 Å². The van der Waals surface area contributed by atoms with Gasteiger partial charge in [-0.15, -0.1) is 11.3 Å². The van der Waals surface area contributed by atoms with Crippen LogP contribution in [0.15, 0.2) is 22.7 Å². The van der Waals surface area contributed by atoms with E-state index >= 15 is 0 Å². The van der Waals surface area contributed by atoms with Crippen molar-refractivity contribution >= 4 is 17.2 Å². The molecule has 0 aliphatic heterocycles. The molecule has 106 valence electrons. The second kappa shape index (κ2) is 6.39. The monoisotopic (exact) mass is 281 g/mol. The molecule has 1 aliphatic carbocycles. The summed E-state index contributed by atoms with van der Waals surface area (Å²) in [6.07, 6.45) is 5.35. The van der Waals surface area contributed by atoms with Crippen molar-refractivity contribution < 1.29 is 5.21 Å². The minimum absolute atomic E-state index is 0.222. The summed E-state index contributed by atoms with van der Waals surface area (Å²) in [5.41, 5.74) is 5.85. The number of thiophene rings is 1. The summed E-state index contributed by atoms with van der Waals surface area (Å²) >= 11 is 1.81. The van der Waals surface area contributed by atoms with E-state index in [9.17, 15) is 0 Å². The van der Waals surface area contributed by atoms with Crippen LogP contribution in [0.3, 0.4) is 0 Å². The number of nitrogens with zero attached hydrogens (tertiary/aromatic N) is 1. The van der Waals surface area contributed by atoms with Crippen molar-refractivity contribution in [2.75, 3.05) is 6.54 Å². The predicted molar refractivity (Wildman–Crippen MR) is 79.7 cm³/mol. The molecule has 0 aromatic carbocycles. The first-order valence-electron chi connectivity index (χ1n) is 6.92. The van der Waals surface area contributed by atoms with Gasteiger partial charge in [-0.1, -0.05) is 24.6 Å². The zero-order chi connectivity index (χ0) is 13.7. The number of rotatable bonds is 8. The Hall–Kier alpha value is -1.07. The van der Waals surface area contributed by atoms with E-state index < -0.39 is 0 Å². The molecule has 0 saturated heterocycles. The quantitative estimate of drug-likeness (QED) is 0.297. The summed E-state index contributed by atoms with van der Waals surface area (Å²) in [6.45, 7) is 3.16. The van der Waals surface area contributed by atoms with Crippen LogP contribution in [-0.2, 0) is 0 Å². The highest BCUT2D eigenvalue weighted by Crippen LogP contribution is 2.48. The average Bonchev–Trinajstić information content (AvgIpc) is 2.95. The average molecular weight is 281 g/mol. The van der Waals surface area contributed by atoms with Crippen LogP contribution in [0, 0.1) is 5.41 Å². The molecule has 0 radical (unpaired) electrons. The van der Waals surface area contributed by atoms with Gasteiger partial charge in [-0.2, -0.15) is 0 Å². The second-order valence-electron chi connectivity index (χ2n) is 5.51. The maximum atomic E-state index is 8.68. The number of hydrogen-bond donors (Lipinski definition) is 3. The summed E-state index contributed by atoms with van der Waals surface area (Å²) in [6, 6.07) is 4.74. The third kappa shape index (κ3) is 3.94. The van der Waals surface area contributed by atoms with E-state index in [2.05, 4.69) is 34.9 Å². The molecule has 0 spiro atoms. The third-order valence-electron chi connectivity index (χ3n) is 3.83. The minimum atomic E-state index is 0.222. The lowest BCUT2D eigenvalue weighted by Crippen LogP contribution is -2.31. The first-order chi connectivity index (χ1) is 9.19. The van der Waals surface area contributed by atoms with Gasteiger partial charge in [-0.05, 0) is 36.1 Å². The molecule has 4 N–H and O–H groups in total. The molecule has 19 heavy (non-hydrogen) atoms. The summed E-state index contributed by atoms with van der Waals surface area (Å²) < 4.78 is 0. The molecule has 1 heterocycles. The first kappa shape index (κ1) is 14.3. The fraction of sp³-hybridized carbons (Fsp3) is 0.643. The number of hydrogen-bond acceptors (Lipinski definition) is 4. The Morgan fingerprint density at radius 3 is 2.95 bits per heavy atom. The van der Waals surface area contributed by atoms with Crippen LogP contribution >= 0.6 is 11.3 Å². The van der Waals surface area contributed by atoms with Crippen molar-refractivity contribution in [2.45, 2.75) is 45.1 Å². The minimum Gasteiger partial charge on any atom is -0.409 e. The summed E-state index contributed by atoms with van der Waals surface area (Å²) in [5.74, 6) is 0.350. The van der Waals surface area contributed by atoms with Gasteiger partial charge in [-0.3, -0.25) is 0 Å². The van der Waals surface area contributed by atoms with Crippen molar-refractivity contribution in [3.63, 3.8) is 0 Å². The molecule has 1 saturated carbocycles. The van der Waals surface area contributed by atoms with E-state index in [1.54, 1.807) is 0 Å². The van der Waals surface area contributed by atoms with Crippen LogP contribution in [0.2, 0.25) is 0 Å². The van der Waals surface area contributed by atoms with E-state index in [1.165, 1.54) is 24.1 Å². The lowest BCUT2D eigenvalue weighted by molar-refractivity contribution is 0.313. The maximum Gasteiger partial charge on any atom is 0.139 e. The zero-order valence-corrected chi connectivity index (χ0v) is 12.2. The van der Waals surface area contributed by atoms with Crippen LogP contribution in [0.1, 0.15) is 49.9 Å². The van der Waals surface area contributed by atoms with Gasteiger partial charge >= 0.3 is 0 Å². The molecule has 1 aliphatic rings. The van der Waals surface area contributed by atoms with E-state index in [1.807, 2.05) is 11.3 Å². The van der Waals surface area contributed by atoms with E-state index in [4.69, 9.17) is 10.9 Å². The van der Waals surface area contributed by atoms with Gasteiger partial charge in [0.05, 0.1) is 0 Å². The molecule has 1 aromatic heterocycles. The van der Waals surface area contributed by atoms with Crippen LogP contribution in [-0.4, -0.2) is 17.6 Å². The van der Waals surface area contributed by atoms with Crippen molar-refractivity contribution in [2.24, 2.45) is 16.3 Å². The molecular formula is C14H23N3OS. The van der Waals surface area contributed by atoms with Gasteiger partial charge in [0.15, 0.2) is 0 Å². The lowest BCUT2D eigenvalue weighted by Gasteiger charge is -2.21. The normalized spacial score (nSPS) is 19.3. The molecule has 1 unspecified atom stereocenters. The third-order valence-corrected chi connectivity index (χ3v) is 4.82. The Kier molecular flexibility index (Phi) is 4.82. The maximum absolute atomic E-state index is 8.68. The van der Waals surface area contributed by atoms with Gasteiger partial charge in [0, 0.05) is 23.9 Å². The fourth-order valence-corrected chi connectivity index (χ4v) is 3.31. The largest absolute Gasteiger partial charge is 0.409 e. The number of amidine groups is 1. The van der Waals surface area contributed by atoms with Crippen molar-refractivity contribution in [1.29, 1.82) is 0 Å². The van der Waals surface area contributed by atoms with Crippen molar-refractivity contribution in [3.8, 4) is 0 Å². The summed E-state index contributed by atoms with van der Waals surface area (Å²) in [4.78, 5) is 1.40. The zero-order valence-electron chi connectivity index (χ0n) is 11.4. The smallest absolute Gasteiger partial charge is 0.139 e. The van der Waals surface area contributed by atoms with Gasteiger partial charge in [0.1, 0.15) is 5.84 Å². The Bertz CT molecular complexity index is 412. The highest BCUT2D eigenvalue weighted by atomic mass is 32.1. The number of nitrogens with two attached hydrogens (primary N) is 1. The molecular weight excluding hydrogens is 258 g/mol. The molecule has 2 rings (SSSR count). The standard InChI is InChI=1S/C14H23N3OS/c1-2-4-11(12-5-3-8-19-12)16-10-14(6-7-14)9-13(15)17-18/h3,5,8,11,16,18H,2,4,6-7,9-10H2,1H3,(H2,15,17). The van der Waals surface area contributed by atoms with Gasteiger partial charge in [0.2, 0.25) is 0 Å². The first-order valence-corrected chi connectivity index (χ1v) is 7.80. The van der Waals surface area contributed by atoms with Gasteiger partial charge < -0.3 is 16.3 Å². The molecule has 0 bridgehead atoms. The Morgan fingerprint density at radius 2 is 2.42 bits per heavy atom. The second-order valence-corrected chi connectivity index (χ2v) is 6.48. The summed E-state index contributed by atoms with van der Waals surface area (Å²) in [5, 5.41) is 17.6. The fourth-order valence-electron chi connectivity index (χ4n) is 2.48. The molecule has 1 aromatic rings. The van der Waals surface area contributed by atoms with E-state index in [0.29, 0.717) is 18.3 Å². The van der Waals surface area contributed by atoms with E-state index in [-0.39, 0.29) is 5.41 Å². The number of nitrogens with one attached hydrogen (secondary N) is 1. The van der Waals surface area contributed by atoms with Crippen molar-refractivity contribution in [1.82, 2.24) is 5.32 Å². The predicted octanol–water partition coefficient (Wildman–Crippen LogP) is 3.10. The Morgan fingerprint density at radius 1 is 1.63 bits per heavy atom. The molecule has 5 heteroatoms. The van der Waals surface area contributed by atoms with E-state index in [0.717, 1.165) is 13.0 Å². The lowest BCUT2D eigenvalue weighted by atomic mass is 10.0. The summed E-state index contributed by atoms with van der Waals surface area (Å²) in [7, 11) is 0. The topological polar surface area (TPSA) is 70.6 Å². The highest BCUT2D eigenvalue weighted by Gasteiger charge is 2.43. The molecule has 1 atom stereocenters. The van der Waals surface area contributed by atoms with Gasteiger partial charge in [0.25, 0.3) is 0 Å². The van der Waals surface area contributed by atoms with Crippen LogP contribution in [0.25, 0.3) is 0 Å². The number of oxime groups is 1. The molecule has 1 fully saturated rings. The molecule has 4 nitrogen and oxygen atoms in total. The van der Waals surface area contributed by atoms with Crippen LogP contribution in [0.5, 0.6) is 0 Å². The highest BCUT2D eigenvalue weighted by molar-refractivity contribution is 7.10. The Balaban J connectivity index is 1.89. The molecule has 0 amide bonds. The Labute approximate surface area is 118 Å². The van der Waals surface area contributed by atoms with Crippen LogP contribution < -0.4 is 11.1 Å². The SMILES string of the molecule is CCCC(NCC1(CC(N)=NO)CC1)c1cccs1. The van der Waals surface area contributed by atoms with Gasteiger partial charge in [-0.25, -0.2) is 0 Å². The van der Waals surface area contributed by atoms with Crippen LogP contribution in [0.4, 0.5) is 0 Å².